The maximum Gasteiger partial charge on any atom is 0.325 e. The van der Waals surface area contributed by atoms with Crippen LogP contribution in [0.5, 0.6) is 0 Å². The zero-order valence-electron chi connectivity index (χ0n) is 8.53. The molecule has 1 aromatic carbocycles. The summed E-state index contributed by atoms with van der Waals surface area (Å²) in [6.07, 6.45) is 0. The highest BCUT2D eigenvalue weighted by Gasteiger charge is 2.11. The van der Waals surface area contributed by atoms with Crippen molar-refractivity contribution in [3.05, 3.63) is 27.8 Å². The molecule has 0 bridgehead atoms. The quantitative estimate of drug-likeness (QED) is 0.575. The van der Waals surface area contributed by atoms with Crippen molar-refractivity contribution >= 4 is 51.6 Å². The Balaban J connectivity index is 2.52. The lowest BCUT2D eigenvalue weighted by Gasteiger charge is -2.13. The number of rotatable bonds is 3. The Hall–Kier alpha value is -0.890. The maximum atomic E-state index is 10.6. The first-order chi connectivity index (χ1) is 7.49. The predicted octanol–water partition coefficient (Wildman–Crippen LogP) is 2.05. The fourth-order valence-corrected chi connectivity index (χ4v) is 1.61. The molecule has 6 heteroatoms. The molecular weight excluding hydrogens is 339 g/mol. The number of carboxylic acids is 1. The molecule has 1 aromatic rings. The third kappa shape index (κ3) is 4.31. The minimum atomic E-state index is -0.938. The number of carbonyl (C=O) groups is 1. The van der Waals surface area contributed by atoms with Crippen molar-refractivity contribution in [3.63, 3.8) is 0 Å². The highest BCUT2D eigenvalue weighted by molar-refractivity contribution is 14.1. The van der Waals surface area contributed by atoms with Gasteiger partial charge in [-0.3, -0.25) is 4.79 Å². The van der Waals surface area contributed by atoms with E-state index in [1.807, 2.05) is 24.3 Å². The molecule has 0 spiro atoms. The van der Waals surface area contributed by atoms with Gasteiger partial charge in [0.05, 0.1) is 0 Å². The molecule has 0 aliphatic rings. The van der Waals surface area contributed by atoms with Gasteiger partial charge in [-0.1, -0.05) is 0 Å². The Kier molecular flexibility index (Phi) is 4.94. The number of aliphatic carboxylic acids is 1. The van der Waals surface area contributed by atoms with Gasteiger partial charge in [-0.05, 0) is 66.0 Å². The highest BCUT2D eigenvalue weighted by Crippen LogP contribution is 2.10. The number of hydrogen-bond acceptors (Lipinski definition) is 2. The molecule has 0 aromatic heterocycles. The standard InChI is InChI=1S/C10H11IN2O2S/c1-6(9(14)15)12-10(16)13-8-4-2-7(11)3-5-8/h2-6H,1H3,(H,14,15)(H2,12,13,16). The molecule has 86 valence electrons. The van der Waals surface area contributed by atoms with Crippen LogP contribution in [0.2, 0.25) is 0 Å². The molecule has 3 N–H and O–H groups in total. The second-order valence-electron chi connectivity index (χ2n) is 3.17. The normalized spacial score (nSPS) is 11.6. The van der Waals surface area contributed by atoms with Crippen LogP contribution in [-0.4, -0.2) is 22.2 Å². The predicted molar refractivity (Wildman–Crippen MR) is 75.6 cm³/mol. The Morgan fingerprint density at radius 1 is 1.44 bits per heavy atom. The average Bonchev–Trinajstić information content (AvgIpc) is 2.21. The third-order valence-electron chi connectivity index (χ3n) is 1.82. The first-order valence-corrected chi connectivity index (χ1v) is 6.03. The summed E-state index contributed by atoms with van der Waals surface area (Å²) in [5.41, 5.74) is 0.829. The smallest absolute Gasteiger partial charge is 0.325 e. The summed E-state index contributed by atoms with van der Waals surface area (Å²) in [6, 6.07) is 6.92. The van der Waals surface area contributed by atoms with Crippen LogP contribution in [0.25, 0.3) is 0 Å². The molecule has 0 heterocycles. The minimum absolute atomic E-state index is 0.302. The van der Waals surface area contributed by atoms with Crippen molar-refractivity contribution in [3.8, 4) is 0 Å². The van der Waals surface area contributed by atoms with Crippen LogP contribution >= 0.6 is 34.8 Å². The number of benzene rings is 1. The Bertz CT molecular complexity index is 394. The Morgan fingerprint density at radius 2 is 2.00 bits per heavy atom. The first kappa shape index (κ1) is 13.2. The van der Waals surface area contributed by atoms with Crippen molar-refractivity contribution in [2.45, 2.75) is 13.0 Å². The van der Waals surface area contributed by atoms with E-state index in [2.05, 4.69) is 33.2 Å². The van der Waals surface area contributed by atoms with E-state index in [1.165, 1.54) is 6.92 Å². The van der Waals surface area contributed by atoms with Crippen LogP contribution in [0.3, 0.4) is 0 Å². The number of thiocarbonyl (C=S) groups is 1. The number of anilines is 1. The molecule has 1 rings (SSSR count). The van der Waals surface area contributed by atoms with E-state index >= 15 is 0 Å². The van der Waals surface area contributed by atoms with E-state index in [-0.39, 0.29) is 0 Å². The zero-order valence-corrected chi connectivity index (χ0v) is 11.5. The van der Waals surface area contributed by atoms with E-state index in [9.17, 15) is 4.79 Å². The maximum absolute atomic E-state index is 10.6. The molecule has 0 aliphatic heterocycles. The molecule has 0 fully saturated rings. The lowest BCUT2D eigenvalue weighted by Crippen LogP contribution is -2.40. The van der Waals surface area contributed by atoms with Crippen molar-refractivity contribution in [2.75, 3.05) is 5.32 Å². The van der Waals surface area contributed by atoms with Crippen LogP contribution < -0.4 is 10.6 Å². The van der Waals surface area contributed by atoms with Crippen LogP contribution in [0.4, 0.5) is 5.69 Å². The number of halogens is 1. The van der Waals surface area contributed by atoms with Gasteiger partial charge in [-0.25, -0.2) is 0 Å². The molecule has 0 saturated carbocycles. The molecule has 0 saturated heterocycles. The largest absolute Gasteiger partial charge is 0.480 e. The molecule has 1 atom stereocenters. The van der Waals surface area contributed by atoms with E-state index < -0.39 is 12.0 Å². The fourth-order valence-electron chi connectivity index (χ4n) is 0.959. The number of hydrogen-bond donors (Lipinski definition) is 3. The average molecular weight is 350 g/mol. The van der Waals surface area contributed by atoms with Crippen molar-refractivity contribution in [1.29, 1.82) is 0 Å². The van der Waals surface area contributed by atoms with Gasteiger partial charge in [-0.2, -0.15) is 0 Å². The number of nitrogens with one attached hydrogen (secondary N) is 2. The second-order valence-corrected chi connectivity index (χ2v) is 4.82. The number of carboxylic acid groups (broad SMARTS) is 1. The third-order valence-corrected chi connectivity index (χ3v) is 2.76. The Labute approximate surface area is 113 Å². The van der Waals surface area contributed by atoms with Gasteiger partial charge in [0.15, 0.2) is 5.11 Å². The van der Waals surface area contributed by atoms with Gasteiger partial charge < -0.3 is 15.7 Å². The monoisotopic (exact) mass is 350 g/mol. The van der Waals surface area contributed by atoms with Crippen molar-refractivity contribution in [2.24, 2.45) is 0 Å². The summed E-state index contributed by atoms with van der Waals surface area (Å²) in [4.78, 5) is 10.6. The molecule has 0 radical (unpaired) electrons. The zero-order chi connectivity index (χ0) is 12.1. The minimum Gasteiger partial charge on any atom is -0.480 e. The summed E-state index contributed by atoms with van der Waals surface area (Å²) >= 11 is 7.18. The second kappa shape index (κ2) is 6.00. The molecule has 1 unspecified atom stereocenters. The van der Waals surface area contributed by atoms with E-state index in [4.69, 9.17) is 17.3 Å². The first-order valence-electron chi connectivity index (χ1n) is 4.55. The van der Waals surface area contributed by atoms with Gasteiger partial charge in [0.2, 0.25) is 0 Å². The van der Waals surface area contributed by atoms with E-state index in [1.54, 1.807) is 0 Å². The van der Waals surface area contributed by atoms with Gasteiger partial charge in [0.25, 0.3) is 0 Å². The SMILES string of the molecule is CC(NC(=S)Nc1ccc(I)cc1)C(=O)O. The summed E-state index contributed by atoms with van der Waals surface area (Å²) in [7, 11) is 0. The van der Waals surface area contributed by atoms with Crippen LogP contribution in [0.1, 0.15) is 6.92 Å². The van der Waals surface area contributed by atoms with Crippen molar-refractivity contribution < 1.29 is 9.90 Å². The van der Waals surface area contributed by atoms with Gasteiger partial charge in [-0.15, -0.1) is 0 Å². The molecule has 0 amide bonds. The highest BCUT2D eigenvalue weighted by atomic mass is 127. The lowest BCUT2D eigenvalue weighted by molar-refractivity contribution is -0.138. The van der Waals surface area contributed by atoms with Crippen LogP contribution in [-0.2, 0) is 4.79 Å². The van der Waals surface area contributed by atoms with Crippen LogP contribution in [0.15, 0.2) is 24.3 Å². The molecule has 0 aliphatic carbocycles. The van der Waals surface area contributed by atoms with Gasteiger partial charge in [0, 0.05) is 9.26 Å². The van der Waals surface area contributed by atoms with Gasteiger partial charge in [0.1, 0.15) is 6.04 Å². The summed E-state index contributed by atoms with van der Waals surface area (Å²) in [5, 5.41) is 14.6. The summed E-state index contributed by atoms with van der Waals surface area (Å²) in [5.74, 6) is -0.938. The summed E-state index contributed by atoms with van der Waals surface area (Å²) < 4.78 is 1.13. The van der Waals surface area contributed by atoms with E-state index in [0.717, 1.165) is 9.26 Å². The van der Waals surface area contributed by atoms with Crippen molar-refractivity contribution in [1.82, 2.24) is 5.32 Å². The topological polar surface area (TPSA) is 61.4 Å². The summed E-state index contributed by atoms with van der Waals surface area (Å²) in [6.45, 7) is 1.53. The molecular formula is C10H11IN2O2S. The van der Waals surface area contributed by atoms with Gasteiger partial charge >= 0.3 is 5.97 Å². The fraction of sp³-hybridized carbons (Fsp3) is 0.200. The molecule has 4 nitrogen and oxygen atoms in total. The Morgan fingerprint density at radius 3 is 2.50 bits per heavy atom. The van der Waals surface area contributed by atoms with Crippen LogP contribution in [0, 0.1) is 3.57 Å². The molecule has 16 heavy (non-hydrogen) atoms. The van der Waals surface area contributed by atoms with E-state index in [0.29, 0.717) is 5.11 Å². The lowest BCUT2D eigenvalue weighted by atomic mass is 10.3.